The highest BCUT2D eigenvalue weighted by molar-refractivity contribution is 7.98. The summed E-state index contributed by atoms with van der Waals surface area (Å²) in [5.41, 5.74) is 0.747. The minimum atomic E-state index is -0.325. The lowest BCUT2D eigenvalue weighted by Gasteiger charge is -2.09. The predicted molar refractivity (Wildman–Crippen MR) is 80.3 cm³/mol. The van der Waals surface area contributed by atoms with Crippen LogP contribution in [0, 0.1) is 0 Å². The zero-order valence-electron chi connectivity index (χ0n) is 11.3. The summed E-state index contributed by atoms with van der Waals surface area (Å²) in [6, 6.07) is 10.3. The first kappa shape index (κ1) is 14.3. The Morgan fingerprint density at radius 2 is 2.05 bits per heavy atom. The molecule has 0 spiro atoms. The smallest absolute Gasteiger partial charge is 0.276 e. The van der Waals surface area contributed by atoms with Crippen molar-refractivity contribution in [3.8, 4) is 0 Å². The first-order chi connectivity index (χ1) is 9.65. The standard InChI is InChI=1S/C14H15N3O2S/c1-3-17-13(18)9-8-11(16-17)14(19)15-10-6-4-5-7-12(10)20-2/h4-9H,3H2,1-2H3,(H,15,19). The number of anilines is 1. The molecule has 0 aliphatic carbocycles. The van der Waals surface area contributed by atoms with Gasteiger partial charge in [-0.2, -0.15) is 5.10 Å². The van der Waals surface area contributed by atoms with E-state index < -0.39 is 0 Å². The van der Waals surface area contributed by atoms with Crippen LogP contribution in [0.15, 0.2) is 46.1 Å². The number of nitrogens with zero attached hydrogens (tertiary/aromatic N) is 2. The Hall–Kier alpha value is -2.08. The van der Waals surface area contributed by atoms with Crippen LogP contribution in [0.3, 0.4) is 0 Å². The van der Waals surface area contributed by atoms with Gasteiger partial charge in [-0.3, -0.25) is 9.59 Å². The third-order valence-corrected chi connectivity index (χ3v) is 3.55. The number of aryl methyl sites for hydroxylation is 1. The number of para-hydroxylation sites is 1. The first-order valence-electron chi connectivity index (χ1n) is 6.18. The van der Waals surface area contributed by atoms with Crippen molar-refractivity contribution in [3.63, 3.8) is 0 Å². The van der Waals surface area contributed by atoms with Gasteiger partial charge in [-0.05, 0) is 31.4 Å². The number of carbonyl (C=O) groups is 1. The van der Waals surface area contributed by atoms with Gasteiger partial charge in [0.1, 0.15) is 5.69 Å². The van der Waals surface area contributed by atoms with E-state index in [1.54, 1.807) is 18.7 Å². The van der Waals surface area contributed by atoms with E-state index >= 15 is 0 Å². The van der Waals surface area contributed by atoms with Crippen LogP contribution >= 0.6 is 11.8 Å². The molecule has 0 saturated carbocycles. The summed E-state index contributed by atoms with van der Waals surface area (Å²) >= 11 is 1.55. The summed E-state index contributed by atoms with van der Waals surface area (Å²) < 4.78 is 1.26. The Morgan fingerprint density at radius 1 is 1.30 bits per heavy atom. The summed E-state index contributed by atoms with van der Waals surface area (Å²) in [4.78, 5) is 24.6. The Morgan fingerprint density at radius 3 is 2.75 bits per heavy atom. The fourth-order valence-electron chi connectivity index (χ4n) is 1.73. The third kappa shape index (κ3) is 3.08. The van der Waals surface area contributed by atoms with E-state index in [1.807, 2.05) is 30.5 Å². The Balaban J connectivity index is 2.26. The van der Waals surface area contributed by atoms with E-state index in [9.17, 15) is 9.59 Å². The molecule has 0 atom stereocenters. The maximum atomic E-state index is 12.2. The average Bonchev–Trinajstić information content (AvgIpc) is 2.48. The van der Waals surface area contributed by atoms with Gasteiger partial charge in [-0.1, -0.05) is 12.1 Å². The fraction of sp³-hybridized carbons (Fsp3) is 0.214. The largest absolute Gasteiger partial charge is 0.320 e. The molecule has 2 rings (SSSR count). The molecule has 1 N–H and O–H groups in total. The number of benzene rings is 1. The summed E-state index contributed by atoms with van der Waals surface area (Å²) in [5.74, 6) is -0.325. The lowest BCUT2D eigenvalue weighted by atomic mass is 10.3. The van der Waals surface area contributed by atoms with Crippen molar-refractivity contribution in [1.82, 2.24) is 9.78 Å². The second-order valence-corrected chi connectivity index (χ2v) is 4.88. The number of rotatable bonds is 4. The van der Waals surface area contributed by atoms with Crippen LogP contribution in [0.5, 0.6) is 0 Å². The minimum absolute atomic E-state index is 0.214. The average molecular weight is 289 g/mol. The van der Waals surface area contributed by atoms with Crippen molar-refractivity contribution in [2.24, 2.45) is 0 Å². The molecule has 5 nitrogen and oxygen atoms in total. The van der Waals surface area contributed by atoms with E-state index in [1.165, 1.54) is 16.8 Å². The molecule has 0 bridgehead atoms. The van der Waals surface area contributed by atoms with Gasteiger partial charge in [0.05, 0.1) is 5.69 Å². The van der Waals surface area contributed by atoms with Crippen molar-refractivity contribution in [1.29, 1.82) is 0 Å². The van der Waals surface area contributed by atoms with E-state index in [0.29, 0.717) is 6.54 Å². The molecular weight excluding hydrogens is 274 g/mol. The molecular formula is C14H15N3O2S. The normalized spacial score (nSPS) is 10.3. The van der Waals surface area contributed by atoms with Crippen LogP contribution < -0.4 is 10.9 Å². The monoisotopic (exact) mass is 289 g/mol. The highest BCUT2D eigenvalue weighted by Gasteiger charge is 2.11. The van der Waals surface area contributed by atoms with Gasteiger partial charge in [0.2, 0.25) is 0 Å². The molecule has 1 aromatic carbocycles. The highest BCUT2D eigenvalue weighted by atomic mass is 32.2. The lowest BCUT2D eigenvalue weighted by molar-refractivity contribution is 0.101. The van der Waals surface area contributed by atoms with Crippen LogP contribution in [0.1, 0.15) is 17.4 Å². The quantitative estimate of drug-likeness (QED) is 0.877. The third-order valence-electron chi connectivity index (χ3n) is 2.75. The summed E-state index contributed by atoms with van der Waals surface area (Å²) in [6.07, 6.45) is 1.94. The van der Waals surface area contributed by atoms with Gasteiger partial charge >= 0.3 is 0 Å². The van der Waals surface area contributed by atoms with Gasteiger partial charge in [0.15, 0.2) is 0 Å². The predicted octanol–water partition coefficient (Wildman–Crippen LogP) is 2.24. The number of nitrogens with one attached hydrogen (secondary N) is 1. The Labute approximate surface area is 121 Å². The van der Waals surface area contributed by atoms with Crippen molar-refractivity contribution in [3.05, 3.63) is 52.4 Å². The SMILES string of the molecule is CCn1nc(C(=O)Nc2ccccc2SC)ccc1=O. The number of carbonyl (C=O) groups excluding carboxylic acids is 1. The molecule has 0 saturated heterocycles. The zero-order valence-corrected chi connectivity index (χ0v) is 12.1. The zero-order chi connectivity index (χ0) is 14.5. The van der Waals surface area contributed by atoms with Gasteiger partial charge in [0.25, 0.3) is 11.5 Å². The summed E-state index contributed by atoms with van der Waals surface area (Å²) in [6.45, 7) is 2.24. The van der Waals surface area contributed by atoms with Crippen molar-refractivity contribution in [2.75, 3.05) is 11.6 Å². The number of aromatic nitrogens is 2. The van der Waals surface area contributed by atoms with E-state index in [0.717, 1.165) is 10.6 Å². The topological polar surface area (TPSA) is 64.0 Å². The van der Waals surface area contributed by atoms with Crippen LogP contribution in [0.4, 0.5) is 5.69 Å². The van der Waals surface area contributed by atoms with Gasteiger partial charge in [0, 0.05) is 17.5 Å². The van der Waals surface area contributed by atoms with E-state index in [2.05, 4.69) is 10.4 Å². The minimum Gasteiger partial charge on any atom is -0.320 e. The van der Waals surface area contributed by atoms with Crippen LogP contribution in [0.25, 0.3) is 0 Å². The molecule has 0 unspecified atom stereocenters. The summed E-state index contributed by atoms with van der Waals surface area (Å²) in [5, 5.41) is 6.84. The molecule has 0 radical (unpaired) electrons. The number of hydrogen-bond donors (Lipinski definition) is 1. The second-order valence-electron chi connectivity index (χ2n) is 4.03. The molecule has 1 aromatic heterocycles. The molecule has 6 heteroatoms. The van der Waals surface area contributed by atoms with Crippen LogP contribution in [0.2, 0.25) is 0 Å². The Kier molecular flexibility index (Phi) is 4.57. The molecule has 1 heterocycles. The molecule has 20 heavy (non-hydrogen) atoms. The van der Waals surface area contributed by atoms with Gasteiger partial charge in [-0.15, -0.1) is 11.8 Å². The van der Waals surface area contributed by atoms with E-state index in [4.69, 9.17) is 0 Å². The molecule has 1 amide bonds. The highest BCUT2D eigenvalue weighted by Crippen LogP contribution is 2.24. The van der Waals surface area contributed by atoms with Crippen LogP contribution in [-0.4, -0.2) is 21.9 Å². The lowest BCUT2D eigenvalue weighted by Crippen LogP contribution is -2.25. The second kappa shape index (κ2) is 6.38. The van der Waals surface area contributed by atoms with Crippen molar-refractivity contribution >= 4 is 23.4 Å². The molecule has 2 aromatic rings. The maximum Gasteiger partial charge on any atom is 0.276 e. The molecule has 0 fully saturated rings. The number of amides is 1. The van der Waals surface area contributed by atoms with Gasteiger partial charge < -0.3 is 5.32 Å². The van der Waals surface area contributed by atoms with Gasteiger partial charge in [-0.25, -0.2) is 4.68 Å². The first-order valence-corrected chi connectivity index (χ1v) is 7.40. The molecule has 104 valence electrons. The van der Waals surface area contributed by atoms with Crippen molar-refractivity contribution < 1.29 is 4.79 Å². The molecule has 0 aliphatic rings. The number of thioether (sulfide) groups is 1. The van der Waals surface area contributed by atoms with Crippen LogP contribution in [-0.2, 0) is 6.54 Å². The Bertz CT molecular complexity index is 682. The summed E-state index contributed by atoms with van der Waals surface area (Å²) in [7, 11) is 0. The maximum absolute atomic E-state index is 12.2. The number of hydrogen-bond acceptors (Lipinski definition) is 4. The van der Waals surface area contributed by atoms with E-state index in [-0.39, 0.29) is 17.2 Å². The molecule has 0 aliphatic heterocycles. The van der Waals surface area contributed by atoms with Crippen molar-refractivity contribution in [2.45, 2.75) is 18.4 Å². The fourth-order valence-corrected chi connectivity index (χ4v) is 2.28.